The molecule has 2 heterocycles. The van der Waals surface area contributed by atoms with Gasteiger partial charge in [-0.15, -0.1) is 22.0 Å². The summed E-state index contributed by atoms with van der Waals surface area (Å²) in [6.45, 7) is 0. The predicted molar refractivity (Wildman–Crippen MR) is 71.5 cm³/mol. The number of nitrogens with zero attached hydrogens (tertiary/aromatic N) is 2. The van der Waals surface area contributed by atoms with Crippen LogP contribution < -0.4 is 5.73 Å². The number of aliphatic carboxylic acids is 1. The Morgan fingerprint density at radius 2 is 2.26 bits per heavy atom. The Kier molecular flexibility index (Phi) is 4.61. The maximum absolute atomic E-state index is 10.5. The molecule has 1 atom stereocenters. The Labute approximate surface area is 120 Å². The zero-order chi connectivity index (χ0) is 13.8. The number of hydrogen-bond donors (Lipinski definition) is 2. The van der Waals surface area contributed by atoms with Crippen molar-refractivity contribution in [2.24, 2.45) is 5.73 Å². The maximum Gasteiger partial charge on any atom is 0.321 e. The number of carboxylic acid groups (broad SMARTS) is 1. The second-order valence-electron chi connectivity index (χ2n) is 3.56. The van der Waals surface area contributed by atoms with E-state index in [1.165, 1.54) is 11.8 Å². The number of rotatable bonds is 6. The van der Waals surface area contributed by atoms with Crippen molar-refractivity contribution in [2.45, 2.75) is 11.8 Å². The summed E-state index contributed by atoms with van der Waals surface area (Å²) in [7, 11) is 0. The van der Waals surface area contributed by atoms with E-state index in [4.69, 9.17) is 19.7 Å². The van der Waals surface area contributed by atoms with Crippen molar-refractivity contribution < 1.29 is 18.7 Å². The molecule has 0 saturated heterocycles. The van der Waals surface area contributed by atoms with Crippen molar-refractivity contribution >= 4 is 33.7 Å². The lowest BCUT2D eigenvalue weighted by Gasteiger charge is -2.03. The zero-order valence-corrected chi connectivity index (χ0v) is 12.0. The molecule has 0 amide bonds. The van der Waals surface area contributed by atoms with Gasteiger partial charge in [0.1, 0.15) is 6.04 Å². The summed E-state index contributed by atoms with van der Waals surface area (Å²) < 4.78 is 11.2. The molecule has 2 aromatic rings. The number of carbonyl (C=O) groups is 1. The average Bonchev–Trinajstić information content (AvgIpc) is 2.97. The van der Waals surface area contributed by atoms with Crippen LogP contribution >= 0.6 is 27.7 Å². The van der Waals surface area contributed by atoms with Gasteiger partial charge in [-0.2, -0.15) is 0 Å². The molecule has 9 heteroatoms. The van der Waals surface area contributed by atoms with Gasteiger partial charge in [0.25, 0.3) is 5.89 Å². The van der Waals surface area contributed by atoms with Crippen LogP contribution in [0.15, 0.2) is 25.6 Å². The first-order valence-corrected chi connectivity index (χ1v) is 7.15. The third kappa shape index (κ3) is 3.82. The molecule has 7 nitrogen and oxygen atoms in total. The molecule has 0 aromatic carbocycles. The first-order chi connectivity index (χ1) is 9.06. The smallest absolute Gasteiger partial charge is 0.321 e. The second-order valence-corrected chi connectivity index (χ2v) is 5.38. The first kappa shape index (κ1) is 14.1. The van der Waals surface area contributed by atoms with Crippen LogP contribution in [0.4, 0.5) is 0 Å². The third-order valence-electron chi connectivity index (χ3n) is 2.09. The van der Waals surface area contributed by atoms with Crippen LogP contribution in [-0.2, 0) is 10.5 Å². The Balaban J connectivity index is 1.89. The minimum Gasteiger partial charge on any atom is -0.480 e. The molecule has 0 aliphatic heterocycles. The van der Waals surface area contributed by atoms with E-state index in [1.807, 2.05) is 0 Å². The molecule has 1 unspecified atom stereocenters. The van der Waals surface area contributed by atoms with E-state index >= 15 is 0 Å². The highest BCUT2D eigenvalue weighted by Crippen LogP contribution is 2.24. The molecule has 3 N–H and O–H groups in total. The van der Waals surface area contributed by atoms with Crippen molar-refractivity contribution in [1.82, 2.24) is 10.2 Å². The maximum atomic E-state index is 10.5. The molecule has 0 saturated carbocycles. The van der Waals surface area contributed by atoms with Gasteiger partial charge in [-0.1, -0.05) is 0 Å². The van der Waals surface area contributed by atoms with Gasteiger partial charge < -0.3 is 19.7 Å². The van der Waals surface area contributed by atoms with Gasteiger partial charge in [-0.3, -0.25) is 4.79 Å². The number of carboxylic acids is 1. The highest BCUT2D eigenvalue weighted by molar-refractivity contribution is 9.10. The van der Waals surface area contributed by atoms with Crippen molar-refractivity contribution in [3.63, 3.8) is 0 Å². The van der Waals surface area contributed by atoms with E-state index in [0.29, 0.717) is 22.1 Å². The molecule has 102 valence electrons. The molecule has 2 aromatic heterocycles. The fourth-order valence-electron chi connectivity index (χ4n) is 1.19. The number of hydrogen-bond acceptors (Lipinski definition) is 7. The van der Waals surface area contributed by atoms with Gasteiger partial charge in [-0.05, 0) is 28.1 Å². The van der Waals surface area contributed by atoms with Crippen LogP contribution in [0.25, 0.3) is 11.7 Å². The summed E-state index contributed by atoms with van der Waals surface area (Å²) in [4.78, 5) is 10.5. The van der Waals surface area contributed by atoms with E-state index in [0.717, 1.165) is 0 Å². The summed E-state index contributed by atoms with van der Waals surface area (Å²) in [5.41, 5.74) is 5.37. The van der Waals surface area contributed by atoms with E-state index in [9.17, 15) is 4.79 Å². The van der Waals surface area contributed by atoms with E-state index in [1.54, 1.807) is 12.1 Å². The highest BCUT2D eigenvalue weighted by atomic mass is 79.9. The molecule has 2 rings (SSSR count). The van der Waals surface area contributed by atoms with Crippen molar-refractivity contribution in [3.8, 4) is 11.7 Å². The third-order valence-corrected chi connectivity index (χ3v) is 3.56. The molecule has 0 radical (unpaired) electrons. The number of nitrogens with two attached hydrogens (primary N) is 1. The van der Waals surface area contributed by atoms with Crippen LogP contribution in [0.5, 0.6) is 0 Å². The Bertz CT molecular complexity index is 571. The quantitative estimate of drug-likeness (QED) is 0.811. The fraction of sp³-hybridized carbons (Fsp3) is 0.300. The highest BCUT2D eigenvalue weighted by Gasteiger charge is 2.14. The van der Waals surface area contributed by atoms with Crippen LogP contribution in [0.1, 0.15) is 5.89 Å². The number of thioether (sulfide) groups is 1. The SMILES string of the molecule is NC(CSCc1nnc(-c2ccc(Br)o2)o1)C(=O)O. The van der Waals surface area contributed by atoms with E-state index < -0.39 is 12.0 Å². The predicted octanol–water partition coefficient (Wildman–Crippen LogP) is 1.74. The van der Waals surface area contributed by atoms with Crippen LogP contribution in [-0.4, -0.2) is 33.1 Å². The minimum absolute atomic E-state index is 0.277. The first-order valence-electron chi connectivity index (χ1n) is 5.20. The Hall–Kier alpha value is -1.32. The molecular weight excluding hydrogens is 338 g/mol. The molecule has 19 heavy (non-hydrogen) atoms. The number of halogens is 1. The van der Waals surface area contributed by atoms with Crippen molar-refractivity contribution in [2.75, 3.05) is 5.75 Å². The Morgan fingerprint density at radius 3 is 2.89 bits per heavy atom. The van der Waals surface area contributed by atoms with Gasteiger partial charge in [0.2, 0.25) is 5.89 Å². The molecule has 0 aliphatic carbocycles. The standard InChI is InChI=1S/C10H10BrN3O4S/c11-7-2-1-6(17-7)9-14-13-8(18-9)4-19-3-5(12)10(15)16/h1-2,5H,3-4,12H2,(H,15,16). The second kappa shape index (κ2) is 6.22. The van der Waals surface area contributed by atoms with E-state index in [-0.39, 0.29) is 11.6 Å². The van der Waals surface area contributed by atoms with Gasteiger partial charge in [0, 0.05) is 5.75 Å². The van der Waals surface area contributed by atoms with Crippen LogP contribution in [0.2, 0.25) is 0 Å². The summed E-state index contributed by atoms with van der Waals surface area (Å²) in [6, 6.07) is 2.53. The lowest BCUT2D eigenvalue weighted by atomic mass is 10.4. The zero-order valence-electron chi connectivity index (χ0n) is 9.58. The Morgan fingerprint density at radius 1 is 1.47 bits per heavy atom. The number of aromatic nitrogens is 2. The van der Waals surface area contributed by atoms with Gasteiger partial charge in [0.05, 0.1) is 5.75 Å². The summed E-state index contributed by atoms with van der Waals surface area (Å²) in [5.74, 6) is 0.792. The van der Waals surface area contributed by atoms with Gasteiger partial charge in [-0.25, -0.2) is 0 Å². The normalized spacial score (nSPS) is 12.5. The van der Waals surface area contributed by atoms with Crippen molar-refractivity contribution in [1.29, 1.82) is 0 Å². The minimum atomic E-state index is -1.03. The molecule has 0 spiro atoms. The lowest BCUT2D eigenvalue weighted by molar-refractivity contribution is -0.137. The van der Waals surface area contributed by atoms with Crippen LogP contribution in [0, 0.1) is 0 Å². The van der Waals surface area contributed by atoms with Gasteiger partial charge in [0.15, 0.2) is 10.4 Å². The van der Waals surface area contributed by atoms with Gasteiger partial charge >= 0.3 is 5.97 Å². The largest absolute Gasteiger partial charge is 0.480 e. The summed E-state index contributed by atoms with van der Waals surface area (Å²) in [6.07, 6.45) is 0. The lowest BCUT2D eigenvalue weighted by Crippen LogP contribution is -2.32. The fourth-order valence-corrected chi connectivity index (χ4v) is 2.30. The monoisotopic (exact) mass is 347 g/mol. The molecule has 0 bridgehead atoms. The topological polar surface area (TPSA) is 115 Å². The van der Waals surface area contributed by atoms with E-state index in [2.05, 4.69) is 26.1 Å². The molecular formula is C10H10BrN3O4S. The molecule has 0 aliphatic rings. The number of furan rings is 1. The summed E-state index contributed by atoms with van der Waals surface area (Å²) in [5, 5.41) is 16.3. The molecule has 0 fully saturated rings. The summed E-state index contributed by atoms with van der Waals surface area (Å²) >= 11 is 4.49. The van der Waals surface area contributed by atoms with Crippen LogP contribution in [0.3, 0.4) is 0 Å². The average molecular weight is 348 g/mol. The van der Waals surface area contributed by atoms with Crippen molar-refractivity contribution in [3.05, 3.63) is 22.7 Å².